The van der Waals surface area contributed by atoms with Crippen LogP contribution in [0.4, 0.5) is 5.69 Å². The van der Waals surface area contributed by atoms with Crippen molar-refractivity contribution in [1.82, 2.24) is 14.8 Å². The maximum atomic E-state index is 12.5. The summed E-state index contributed by atoms with van der Waals surface area (Å²) < 4.78 is 12.3. The minimum atomic E-state index is -0.150. The summed E-state index contributed by atoms with van der Waals surface area (Å²) in [6, 6.07) is 10.8. The third-order valence-electron chi connectivity index (χ3n) is 4.00. The molecule has 0 bridgehead atoms. The van der Waals surface area contributed by atoms with Crippen molar-refractivity contribution in [3.8, 4) is 17.2 Å². The molecule has 140 valence electrons. The van der Waals surface area contributed by atoms with Crippen LogP contribution in [0.2, 0.25) is 5.02 Å². The normalized spacial score (nSPS) is 10.5. The van der Waals surface area contributed by atoms with E-state index in [1.54, 1.807) is 43.4 Å². The molecule has 0 aliphatic carbocycles. The molecule has 1 N–H and O–H groups in total. The third kappa shape index (κ3) is 4.38. The van der Waals surface area contributed by atoms with Gasteiger partial charge >= 0.3 is 0 Å². The number of aryl methyl sites for hydroxylation is 1. The first kappa shape index (κ1) is 18.7. The highest BCUT2D eigenvalue weighted by molar-refractivity contribution is 6.31. The van der Waals surface area contributed by atoms with Crippen molar-refractivity contribution < 1.29 is 14.3 Å². The lowest BCUT2D eigenvalue weighted by Crippen LogP contribution is -2.14. The van der Waals surface area contributed by atoms with Crippen molar-refractivity contribution in [1.29, 1.82) is 0 Å². The molecule has 0 radical (unpaired) electrons. The Balaban J connectivity index is 1.73. The lowest BCUT2D eigenvalue weighted by Gasteiger charge is -2.13. The molecule has 1 aromatic heterocycles. The van der Waals surface area contributed by atoms with Crippen molar-refractivity contribution in [2.75, 3.05) is 19.5 Å². The summed E-state index contributed by atoms with van der Waals surface area (Å²) in [6.45, 7) is 0. The first-order valence-electron chi connectivity index (χ1n) is 8.26. The van der Waals surface area contributed by atoms with Gasteiger partial charge in [-0.05, 0) is 36.2 Å². The number of para-hydroxylation sites is 1. The van der Waals surface area contributed by atoms with Crippen molar-refractivity contribution in [2.24, 2.45) is 0 Å². The molecule has 3 rings (SSSR count). The fourth-order valence-electron chi connectivity index (χ4n) is 2.75. The van der Waals surface area contributed by atoms with Crippen LogP contribution in [0.1, 0.15) is 12.0 Å². The van der Waals surface area contributed by atoms with E-state index in [0.29, 0.717) is 34.3 Å². The Labute approximate surface area is 161 Å². The number of halogens is 1. The van der Waals surface area contributed by atoms with Crippen molar-refractivity contribution in [2.45, 2.75) is 12.8 Å². The van der Waals surface area contributed by atoms with E-state index in [1.165, 1.54) is 6.33 Å². The molecule has 0 aliphatic rings. The number of nitrogens with zero attached hydrogens (tertiary/aromatic N) is 3. The quantitative estimate of drug-likeness (QED) is 0.672. The lowest BCUT2D eigenvalue weighted by atomic mass is 10.1. The molecule has 8 heteroatoms. The summed E-state index contributed by atoms with van der Waals surface area (Å²) in [7, 11) is 3.16. The number of carbonyl (C=O) groups excluding carboxylic acids is 1. The van der Waals surface area contributed by atoms with E-state index in [1.807, 2.05) is 18.2 Å². The summed E-state index contributed by atoms with van der Waals surface area (Å²) in [4.78, 5) is 16.4. The highest BCUT2D eigenvalue weighted by Crippen LogP contribution is 2.31. The summed E-state index contributed by atoms with van der Waals surface area (Å²) in [5, 5.41) is 7.51. The minimum absolute atomic E-state index is 0.150. The van der Waals surface area contributed by atoms with Gasteiger partial charge in [0.1, 0.15) is 12.7 Å². The van der Waals surface area contributed by atoms with Gasteiger partial charge in [-0.1, -0.05) is 23.7 Å². The van der Waals surface area contributed by atoms with E-state index < -0.39 is 0 Å². The maximum absolute atomic E-state index is 12.5. The Morgan fingerprint density at radius 1 is 1.22 bits per heavy atom. The molecule has 1 amide bonds. The van der Waals surface area contributed by atoms with E-state index in [4.69, 9.17) is 21.1 Å². The zero-order valence-corrected chi connectivity index (χ0v) is 15.7. The molecule has 7 nitrogen and oxygen atoms in total. The van der Waals surface area contributed by atoms with Gasteiger partial charge in [-0.3, -0.25) is 4.79 Å². The number of ether oxygens (including phenoxy) is 2. The third-order valence-corrected chi connectivity index (χ3v) is 4.24. The highest BCUT2D eigenvalue weighted by atomic mass is 35.5. The number of rotatable bonds is 7. The van der Waals surface area contributed by atoms with Gasteiger partial charge in [0.2, 0.25) is 5.91 Å². The molecular weight excluding hydrogens is 368 g/mol. The topological polar surface area (TPSA) is 78.3 Å². The molecule has 0 spiro atoms. The summed E-state index contributed by atoms with van der Waals surface area (Å²) in [5.41, 5.74) is 2.15. The first-order valence-corrected chi connectivity index (χ1v) is 8.64. The zero-order valence-electron chi connectivity index (χ0n) is 15.0. The summed E-state index contributed by atoms with van der Waals surface area (Å²) in [6.07, 6.45) is 3.76. The number of benzene rings is 2. The van der Waals surface area contributed by atoms with Gasteiger partial charge in [-0.2, -0.15) is 5.10 Å². The van der Waals surface area contributed by atoms with Crippen molar-refractivity contribution >= 4 is 23.2 Å². The number of amides is 1. The second kappa shape index (κ2) is 8.55. The van der Waals surface area contributed by atoms with Crippen LogP contribution in [-0.4, -0.2) is 34.9 Å². The lowest BCUT2D eigenvalue weighted by molar-refractivity contribution is -0.116. The van der Waals surface area contributed by atoms with Crippen LogP contribution in [0.15, 0.2) is 49.1 Å². The molecule has 0 atom stereocenters. The van der Waals surface area contributed by atoms with Crippen LogP contribution in [0, 0.1) is 0 Å². The molecule has 3 aromatic rings. The molecule has 27 heavy (non-hydrogen) atoms. The number of hydrogen-bond acceptors (Lipinski definition) is 5. The molecule has 0 unspecified atom stereocenters. The van der Waals surface area contributed by atoms with Gasteiger partial charge in [0, 0.05) is 11.4 Å². The molecular formula is C19H19ClN4O3. The van der Waals surface area contributed by atoms with Gasteiger partial charge in [0.15, 0.2) is 11.5 Å². The minimum Gasteiger partial charge on any atom is -0.493 e. The first-order chi connectivity index (χ1) is 13.1. The Kier molecular flexibility index (Phi) is 5.93. The van der Waals surface area contributed by atoms with Crippen LogP contribution < -0.4 is 14.8 Å². The van der Waals surface area contributed by atoms with Crippen molar-refractivity contribution in [3.05, 3.63) is 59.6 Å². The number of anilines is 1. The Morgan fingerprint density at radius 3 is 2.78 bits per heavy atom. The van der Waals surface area contributed by atoms with Crippen LogP contribution in [-0.2, 0) is 11.2 Å². The molecule has 0 saturated heterocycles. The molecule has 0 fully saturated rings. The highest BCUT2D eigenvalue weighted by Gasteiger charge is 2.13. The average molecular weight is 387 g/mol. The summed E-state index contributed by atoms with van der Waals surface area (Å²) >= 11 is 6.08. The van der Waals surface area contributed by atoms with Gasteiger partial charge in [-0.15, -0.1) is 0 Å². The fraction of sp³-hybridized carbons (Fsp3) is 0.211. The standard InChI is InChI=1S/C19H19ClN4O3/c1-26-17-5-3-4-13(19(17)27-2)6-9-18(25)23-15-10-14(20)7-8-16(15)24-12-21-11-22-24/h3-5,7-8,10-12H,6,9H2,1-2H3,(H,23,25). The summed E-state index contributed by atoms with van der Waals surface area (Å²) in [5.74, 6) is 1.13. The predicted molar refractivity (Wildman–Crippen MR) is 103 cm³/mol. The SMILES string of the molecule is COc1cccc(CCC(=O)Nc2cc(Cl)ccc2-n2cncn2)c1OC. The molecule has 0 saturated carbocycles. The van der Waals surface area contributed by atoms with Gasteiger partial charge in [-0.25, -0.2) is 9.67 Å². The van der Waals surface area contributed by atoms with Gasteiger partial charge < -0.3 is 14.8 Å². The smallest absolute Gasteiger partial charge is 0.224 e. The number of carbonyl (C=O) groups is 1. The van der Waals surface area contributed by atoms with Crippen molar-refractivity contribution in [3.63, 3.8) is 0 Å². The maximum Gasteiger partial charge on any atom is 0.224 e. The zero-order chi connectivity index (χ0) is 19.2. The predicted octanol–water partition coefficient (Wildman–Crippen LogP) is 3.51. The fourth-order valence-corrected chi connectivity index (χ4v) is 2.92. The monoisotopic (exact) mass is 386 g/mol. The van der Waals surface area contributed by atoms with E-state index >= 15 is 0 Å². The van der Waals surface area contributed by atoms with E-state index in [-0.39, 0.29) is 12.3 Å². The van der Waals surface area contributed by atoms with E-state index in [9.17, 15) is 4.79 Å². The second-order valence-corrected chi connectivity index (χ2v) is 6.14. The Morgan fingerprint density at radius 2 is 2.07 bits per heavy atom. The Hall–Kier alpha value is -3.06. The number of hydrogen-bond donors (Lipinski definition) is 1. The average Bonchev–Trinajstić information content (AvgIpc) is 3.20. The van der Waals surface area contributed by atoms with E-state index in [2.05, 4.69) is 15.4 Å². The van der Waals surface area contributed by atoms with Gasteiger partial charge in [0.25, 0.3) is 0 Å². The number of methoxy groups -OCH3 is 2. The van der Waals surface area contributed by atoms with Crippen LogP contribution >= 0.6 is 11.6 Å². The van der Waals surface area contributed by atoms with Crippen LogP contribution in [0.3, 0.4) is 0 Å². The molecule has 2 aromatic carbocycles. The van der Waals surface area contributed by atoms with Gasteiger partial charge in [0.05, 0.1) is 25.6 Å². The van der Waals surface area contributed by atoms with E-state index in [0.717, 1.165) is 5.56 Å². The number of nitrogens with one attached hydrogen (secondary N) is 1. The molecule has 1 heterocycles. The van der Waals surface area contributed by atoms with Crippen LogP contribution in [0.25, 0.3) is 5.69 Å². The number of aromatic nitrogens is 3. The van der Waals surface area contributed by atoms with Crippen LogP contribution in [0.5, 0.6) is 11.5 Å². The molecule has 0 aliphatic heterocycles. The second-order valence-electron chi connectivity index (χ2n) is 5.70. The Bertz CT molecular complexity index is 929. The largest absolute Gasteiger partial charge is 0.493 e.